The Balaban J connectivity index is 1.61. The van der Waals surface area contributed by atoms with Crippen molar-refractivity contribution in [2.45, 2.75) is 0 Å². The number of carboxylic acid groups (broad SMARTS) is 1. The summed E-state index contributed by atoms with van der Waals surface area (Å²) in [7, 11) is 1.65. The van der Waals surface area contributed by atoms with Crippen molar-refractivity contribution < 1.29 is 14.6 Å². The molecule has 4 aromatic rings. The Hall–Kier alpha value is -4.00. The van der Waals surface area contributed by atoms with E-state index < -0.39 is 5.97 Å². The van der Waals surface area contributed by atoms with E-state index in [0.29, 0.717) is 12.4 Å². The van der Waals surface area contributed by atoms with Gasteiger partial charge >= 0.3 is 5.97 Å². The Morgan fingerprint density at radius 1 is 1.17 bits per heavy atom. The number of aromatic amines is 2. The predicted octanol–water partition coefficient (Wildman–Crippen LogP) is 4.23. The summed E-state index contributed by atoms with van der Waals surface area (Å²) in [5.74, 6) is 0.549. The van der Waals surface area contributed by atoms with E-state index in [2.05, 4.69) is 21.4 Å². The number of aromatic carboxylic acids is 1. The summed E-state index contributed by atoms with van der Waals surface area (Å²) in [6, 6.07) is 12.6. The molecule has 4 N–H and O–H groups in total. The predicted molar refractivity (Wildman–Crippen MR) is 112 cm³/mol. The largest absolute Gasteiger partial charge is 0.495 e. The third-order valence-electron chi connectivity index (χ3n) is 5.13. The molecule has 0 aliphatic carbocycles. The fourth-order valence-corrected chi connectivity index (χ4v) is 3.69. The van der Waals surface area contributed by atoms with E-state index in [4.69, 9.17) is 14.8 Å². The van der Waals surface area contributed by atoms with Crippen molar-refractivity contribution in [3.8, 4) is 17.1 Å². The molecule has 1 aliphatic rings. The highest BCUT2D eigenvalue weighted by Gasteiger charge is 2.22. The number of rotatable bonds is 4. The second kappa shape index (κ2) is 6.56. The number of nitrogens with zero attached hydrogens (tertiary/aromatic N) is 1. The van der Waals surface area contributed by atoms with Crippen LogP contribution in [0.3, 0.4) is 0 Å². The lowest BCUT2D eigenvalue weighted by Gasteiger charge is -2.02. The first-order chi connectivity index (χ1) is 14.1. The van der Waals surface area contributed by atoms with Crippen LogP contribution in [-0.2, 0) is 0 Å². The molecule has 0 spiro atoms. The van der Waals surface area contributed by atoms with Gasteiger partial charge in [-0.05, 0) is 42.0 Å². The molecular weight excluding hydrogens is 368 g/mol. The average molecular weight is 386 g/mol. The molecule has 144 valence electrons. The lowest BCUT2D eigenvalue weighted by atomic mass is 10.0. The molecule has 5 rings (SSSR count). The van der Waals surface area contributed by atoms with Crippen LogP contribution in [0.4, 0.5) is 5.69 Å². The first-order valence-electron chi connectivity index (χ1n) is 9.16. The van der Waals surface area contributed by atoms with E-state index in [1.54, 1.807) is 31.4 Å². The van der Waals surface area contributed by atoms with Crippen molar-refractivity contribution in [2.75, 3.05) is 19.0 Å². The summed E-state index contributed by atoms with van der Waals surface area (Å²) in [6.45, 7) is 0.701. The molecule has 0 bridgehead atoms. The van der Waals surface area contributed by atoms with Gasteiger partial charge in [0.25, 0.3) is 0 Å². The zero-order valence-electron chi connectivity index (χ0n) is 15.6. The van der Waals surface area contributed by atoms with E-state index in [9.17, 15) is 4.79 Å². The minimum atomic E-state index is -0.945. The van der Waals surface area contributed by atoms with Gasteiger partial charge in [0.05, 0.1) is 29.4 Å². The number of benzene rings is 2. The molecule has 0 saturated carbocycles. The Bertz CT molecular complexity index is 1270. The Kier molecular flexibility index (Phi) is 3.87. The molecule has 0 unspecified atom stereocenters. The van der Waals surface area contributed by atoms with Crippen LogP contribution in [0.25, 0.3) is 34.1 Å². The van der Waals surface area contributed by atoms with Gasteiger partial charge in [-0.3, -0.25) is 0 Å². The summed E-state index contributed by atoms with van der Waals surface area (Å²) in [6.07, 6.45) is 3.93. The van der Waals surface area contributed by atoms with Crippen LogP contribution >= 0.6 is 0 Å². The molecule has 0 amide bonds. The second-order valence-corrected chi connectivity index (χ2v) is 6.84. The number of H-pyrrole nitrogens is 2. The van der Waals surface area contributed by atoms with Crippen LogP contribution in [0.15, 0.2) is 48.7 Å². The molecule has 2 aromatic heterocycles. The van der Waals surface area contributed by atoms with Gasteiger partial charge in [-0.2, -0.15) is 0 Å². The van der Waals surface area contributed by atoms with Crippen molar-refractivity contribution in [3.05, 3.63) is 65.5 Å². The number of hydrogen-bond donors (Lipinski definition) is 4. The smallest absolute Gasteiger partial charge is 0.335 e. The van der Waals surface area contributed by atoms with Crippen molar-refractivity contribution in [2.24, 2.45) is 0 Å². The van der Waals surface area contributed by atoms with Crippen LogP contribution in [0, 0.1) is 0 Å². The number of fused-ring (bicyclic) bond motifs is 3. The quantitative estimate of drug-likeness (QED) is 0.420. The molecule has 0 fully saturated rings. The summed E-state index contributed by atoms with van der Waals surface area (Å²) >= 11 is 0. The zero-order chi connectivity index (χ0) is 20.0. The van der Waals surface area contributed by atoms with Gasteiger partial charge in [0, 0.05) is 29.6 Å². The Morgan fingerprint density at radius 2 is 2.00 bits per heavy atom. The topological polar surface area (TPSA) is 103 Å². The average Bonchev–Trinajstić information content (AvgIpc) is 3.45. The third kappa shape index (κ3) is 2.84. The number of imidazole rings is 1. The number of anilines is 1. The first-order valence-corrected chi connectivity index (χ1v) is 9.16. The lowest BCUT2D eigenvalue weighted by molar-refractivity contribution is 0.0697. The summed E-state index contributed by atoms with van der Waals surface area (Å²) in [5, 5.41) is 12.5. The number of nitrogens with one attached hydrogen (secondary N) is 3. The molecular formula is C22H18N4O3. The molecule has 0 atom stereocenters. The van der Waals surface area contributed by atoms with Gasteiger partial charge in [0.1, 0.15) is 11.6 Å². The van der Waals surface area contributed by atoms with Gasteiger partial charge in [0.15, 0.2) is 0 Å². The maximum absolute atomic E-state index is 11.1. The fourth-order valence-electron chi connectivity index (χ4n) is 3.69. The SMILES string of the molecule is COc1cc[nH]c1/C=C1\CNc2ccc3[nH]c(-c4ccc(C(=O)O)cc4)nc3c21. The summed E-state index contributed by atoms with van der Waals surface area (Å²) in [5.41, 5.74) is 7.01. The summed E-state index contributed by atoms with van der Waals surface area (Å²) in [4.78, 5) is 22.5. The summed E-state index contributed by atoms with van der Waals surface area (Å²) < 4.78 is 5.40. The highest BCUT2D eigenvalue weighted by molar-refractivity contribution is 6.04. The number of hydrogen-bond acceptors (Lipinski definition) is 4. The molecule has 2 aromatic carbocycles. The van der Waals surface area contributed by atoms with E-state index in [1.165, 1.54) is 0 Å². The van der Waals surface area contributed by atoms with Crippen molar-refractivity contribution in [1.29, 1.82) is 0 Å². The molecule has 0 radical (unpaired) electrons. The third-order valence-corrected chi connectivity index (χ3v) is 5.13. The van der Waals surface area contributed by atoms with Crippen molar-refractivity contribution in [1.82, 2.24) is 15.0 Å². The highest BCUT2D eigenvalue weighted by atomic mass is 16.5. The van der Waals surface area contributed by atoms with Gasteiger partial charge in [0.2, 0.25) is 0 Å². The maximum atomic E-state index is 11.1. The number of methoxy groups -OCH3 is 1. The van der Waals surface area contributed by atoms with E-state index in [0.717, 1.165) is 44.9 Å². The van der Waals surface area contributed by atoms with Gasteiger partial charge < -0.3 is 25.1 Å². The van der Waals surface area contributed by atoms with Gasteiger partial charge in [-0.1, -0.05) is 12.1 Å². The van der Waals surface area contributed by atoms with E-state index in [-0.39, 0.29) is 5.56 Å². The normalized spacial score (nSPS) is 14.2. The van der Waals surface area contributed by atoms with Crippen molar-refractivity contribution in [3.63, 3.8) is 0 Å². The number of aromatic nitrogens is 3. The number of ether oxygens (including phenoxy) is 1. The van der Waals surface area contributed by atoms with Crippen molar-refractivity contribution >= 4 is 34.3 Å². The van der Waals surface area contributed by atoms with Crippen LogP contribution in [-0.4, -0.2) is 39.7 Å². The van der Waals surface area contributed by atoms with E-state index >= 15 is 0 Å². The molecule has 7 nitrogen and oxygen atoms in total. The van der Waals surface area contributed by atoms with Crippen LogP contribution in [0.5, 0.6) is 5.75 Å². The maximum Gasteiger partial charge on any atom is 0.335 e. The standard InChI is InChI=1S/C22H18N4O3/c1-29-18-8-9-23-17(18)10-14-11-24-15-6-7-16-20(19(14)15)26-21(25-16)12-2-4-13(5-3-12)22(27)28/h2-10,23-24H,11H2,1H3,(H,25,26)(H,27,28)/b14-10+. The monoisotopic (exact) mass is 386 g/mol. The highest BCUT2D eigenvalue weighted by Crippen LogP contribution is 2.38. The Labute approximate surface area is 166 Å². The first kappa shape index (κ1) is 17.1. The lowest BCUT2D eigenvalue weighted by Crippen LogP contribution is -1.95. The second-order valence-electron chi connectivity index (χ2n) is 6.84. The van der Waals surface area contributed by atoms with E-state index in [1.807, 2.05) is 24.4 Å². The molecule has 7 heteroatoms. The Morgan fingerprint density at radius 3 is 2.76 bits per heavy atom. The minimum Gasteiger partial charge on any atom is -0.495 e. The minimum absolute atomic E-state index is 0.250. The molecule has 29 heavy (non-hydrogen) atoms. The van der Waals surface area contributed by atoms with Gasteiger partial charge in [-0.15, -0.1) is 0 Å². The number of carbonyl (C=O) groups is 1. The van der Waals surface area contributed by atoms with Crippen LogP contribution in [0.1, 0.15) is 21.6 Å². The molecule has 3 heterocycles. The molecule has 0 saturated heterocycles. The number of carboxylic acids is 1. The fraction of sp³-hybridized carbons (Fsp3) is 0.0909. The van der Waals surface area contributed by atoms with Crippen LogP contribution < -0.4 is 10.1 Å². The van der Waals surface area contributed by atoms with Gasteiger partial charge in [-0.25, -0.2) is 9.78 Å². The van der Waals surface area contributed by atoms with Crippen LogP contribution in [0.2, 0.25) is 0 Å². The molecule has 1 aliphatic heterocycles. The zero-order valence-corrected chi connectivity index (χ0v) is 15.6.